The van der Waals surface area contributed by atoms with Crippen molar-refractivity contribution in [1.29, 1.82) is 0 Å². The molecule has 23 valence electrons. The molecule has 0 aliphatic heterocycles. The maximum atomic E-state index is 8.67. The van der Waals surface area contributed by atoms with Gasteiger partial charge in [-0.3, -0.25) is 4.79 Å². The van der Waals surface area contributed by atoms with Crippen molar-refractivity contribution in [3.05, 3.63) is 0 Å². The molecule has 0 rings (SSSR count). The summed E-state index contributed by atoms with van der Waals surface area (Å²) in [5, 5.41) is 0. The first-order valence-corrected chi connectivity index (χ1v) is 1.01. The molecule has 1 nitrogen and oxygen atoms in total. The molecule has 0 fully saturated rings. The van der Waals surface area contributed by atoms with Gasteiger partial charge in [-0.1, -0.05) is 0 Å². The summed E-state index contributed by atoms with van der Waals surface area (Å²) in [5.41, 5.74) is 0.444. The van der Waals surface area contributed by atoms with Crippen LogP contribution in [-0.4, -0.2) is 30.0 Å². The zero-order valence-electron chi connectivity index (χ0n) is 1.88. The molecule has 0 aromatic carbocycles. The first-order chi connectivity index (χ1) is 1.41. The topological polar surface area (TPSA) is 17.1 Å². The third-order valence-electron chi connectivity index (χ3n) is 0. The van der Waals surface area contributed by atoms with Crippen LogP contribution in [0.1, 0.15) is 0 Å². The Morgan fingerprint density at radius 2 is 1.75 bits per heavy atom. The van der Waals surface area contributed by atoms with E-state index in [0.29, 0.717) is 5.62 Å². The van der Waals surface area contributed by atoms with E-state index < -0.39 is 0 Å². The fourth-order valence-electron chi connectivity index (χ4n) is 0. The predicted octanol–water partition coefficient (Wildman–Crippen LogP) is -0.274. The number of rotatable bonds is 0. The predicted molar refractivity (Wildman–Crippen MR) is 21.5 cm³/mol. The van der Waals surface area contributed by atoms with E-state index in [2.05, 4.69) is 12.6 Å². The fraction of sp³-hybridized carbons (Fsp3) is 0. The van der Waals surface area contributed by atoms with Crippen LogP contribution >= 0.6 is 12.6 Å². The molecule has 0 aromatic heterocycles. The molecule has 0 aliphatic carbocycles. The second-order valence-electron chi connectivity index (χ2n) is 0.105. The maximum Gasteiger partial charge on any atom is 0.173 e. The minimum absolute atomic E-state index is 0. The van der Waals surface area contributed by atoms with Crippen molar-refractivity contribution in [1.82, 2.24) is 0 Å². The second kappa shape index (κ2) is 9.15. The van der Waals surface area contributed by atoms with Gasteiger partial charge in [0, 0.05) is 24.4 Å². The van der Waals surface area contributed by atoms with Gasteiger partial charge in [-0.25, -0.2) is 0 Å². The summed E-state index contributed by atoms with van der Waals surface area (Å²) in [4.78, 5) is 8.67. The molecule has 0 spiro atoms. The Labute approximate surface area is 47.6 Å². The van der Waals surface area contributed by atoms with Gasteiger partial charge in [-0.15, -0.1) is 12.6 Å². The Bertz CT molecular complexity index is 15.5. The molecular formula is CH2OSSb. The van der Waals surface area contributed by atoms with Crippen LogP contribution in [0.5, 0.6) is 0 Å². The quantitative estimate of drug-likeness (QED) is 0.311. The van der Waals surface area contributed by atoms with Crippen molar-refractivity contribution in [2.75, 3.05) is 0 Å². The summed E-state index contributed by atoms with van der Waals surface area (Å²) in [6.45, 7) is 0. The van der Waals surface area contributed by atoms with Gasteiger partial charge in [0.05, 0.1) is 0 Å². The molecule has 0 saturated heterocycles. The number of carbonyl (C=O) groups is 1. The molecule has 0 heterocycles. The van der Waals surface area contributed by atoms with Crippen molar-refractivity contribution < 1.29 is 4.79 Å². The summed E-state index contributed by atoms with van der Waals surface area (Å²) in [5.74, 6) is 0. The van der Waals surface area contributed by atoms with Crippen molar-refractivity contribution in [3.63, 3.8) is 0 Å². The molecule has 0 saturated carbocycles. The Balaban J connectivity index is 0. The molecule has 3 radical (unpaired) electrons. The van der Waals surface area contributed by atoms with Gasteiger partial charge in [-0.2, -0.15) is 0 Å². The van der Waals surface area contributed by atoms with Gasteiger partial charge in [-0.05, 0) is 0 Å². The van der Waals surface area contributed by atoms with Gasteiger partial charge < -0.3 is 0 Å². The first kappa shape index (κ1) is 8.85. The number of hydrogen-bond donors (Lipinski definition) is 1. The Morgan fingerprint density at radius 1 is 1.75 bits per heavy atom. The monoisotopic (exact) mass is 183 g/mol. The number of carbonyl (C=O) groups excluding carboxylic acids is 1. The molecule has 0 amide bonds. The van der Waals surface area contributed by atoms with Crippen LogP contribution < -0.4 is 0 Å². The molecule has 0 N–H and O–H groups in total. The normalized spacial score (nSPS) is 3.25. The van der Waals surface area contributed by atoms with Crippen molar-refractivity contribution in [3.8, 4) is 0 Å². The third-order valence-corrected chi connectivity index (χ3v) is 0. The van der Waals surface area contributed by atoms with E-state index in [4.69, 9.17) is 4.79 Å². The minimum Gasteiger partial charge on any atom is -0.291 e. The van der Waals surface area contributed by atoms with Crippen LogP contribution in [0.3, 0.4) is 0 Å². The van der Waals surface area contributed by atoms with Crippen LogP contribution in [0, 0.1) is 0 Å². The SMILES string of the molecule is O=CS.[Sb]. The fourth-order valence-corrected chi connectivity index (χ4v) is 0. The zero-order valence-corrected chi connectivity index (χ0v) is 5.33. The molecule has 4 heavy (non-hydrogen) atoms. The van der Waals surface area contributed by atoms with Crippen LogP contribution in [0.25, 0.3) is 0 Å². The second-order valence-corrected chi connectivity index (χ2v) is 0.316. The minimum atomic E-state index is 0. The van der Waals surface area contributed by atoms with Crippen LogP contribution in [0.2, 0.25) is 0 Å². The van der Waals surface area contributed by atoms with E-state index in [9.17, 15) is 0 Å². The van der Waals surface area contributed by atoms with E-state index in [-0.39, 0.29) is 24.4 Å². The Kier molecular flexibility index (Phi) is 20.2. The molecule has 3 heteroatoms. The number of hydrogen-bond acceptors (Lipinski definition) is 1. The summed E-state index contributed by atoms with van der Waals surface area (Å²) >= 11 is 3.11. The third kappa shape index (κ3) is 13.7. The Hall–Kier alpha value is 0.838. The summed E-state index contributed by atoms with van der Waals surface area (Å²) in [6, 6.07) is 0. The zero-order chi connectivity index (χ0) is 2.71. The van der Waals surface area contributed by atoms with Gasteiger partial charge in [0.1, 0.15) is 0 Å². The van der Waals surface area contributed by atoms with Crippen LogP contribution in [-0.2, 0) is 4.79 Å². The average Bonchev–Trinajstić information content (AvgIpc) is 0.918. The molecule has 0 aliphatic rings. The smallest absolute Gasteiger partial charge is 0.173 e. The summed E-state index contributed by atoms with van der Waals surface area (Å²) < 4.78 is 0. The van der Waals surface area contributed by atoms with Crippen molar-refractivity contribution in [2.24, 2.45) is 0 Å². The molecule has 0 bridgehead atoms. The average molecular weight is 184 g/mol. The summed E-state index contributed by atoms with van der Waals surface area (Å²) in [6.07, 6.45) is 0. The van der Waals surface area contributed by atoms with Crippen LogP contribution in [0.4, 0.5) is 0 Å². The van der Waals surface area contributed by atoms with E-state index in [1.807, 2.05) is 0 Å². The Morgan fingerprint density at radius 3 is 1.75 bits per heavy atom. The standard InChI is InChI=1S/CH2OS.Sb/c2-1-3;/h1H,(H,2,3);. The molecular weight excluding hydrogens is 182 g/mol. The first-order valence-electron chi connectivity index (χ1n) is 0.494. The summed E-state index contributed by atoms with van der Waals surface area (Å²) in [7, 11) is 0. The van der Waals surface area contributed by atoms with Gasteiger partial charge >= 0.3 is 0 Å². The molecule has 0 aromatic rings. The number of thiol groups is 1. The van der Waals surface area contributed by atoms with E-state index in [1.165, 1.54) is 0 Å². The van der Waals surface area contributed by atoms with E-state index in [1.54, 1.807) is 0 Å². The van der Waals surface area contributed by atoms with Crippen molar-refractivity contribution >= 4 is 42.7 Å². The van der Waals surface area contributed by atoms with Crippen molar-refractivity contribution in [2.45, 2.75) is 0 Å². The van der Waals surface area contributed by atoms with Gasteiger partial charge in [0.15, 0.2) is 5.62 Å². The largest absolute Gasteiger partial charge is 0.291 e. The van der Waals surface area contributed by atoms with Gasteiger partial charge in [0.2, 0.25) is 0 Å². The van der Waals surface area contributed by atoms with Crippen LogP contribution in [0.15, 0.2) is 0 Å². The molecule has 0 unspecified atom stereocenters. The maximum absolute atomic E-state index is 8.67. The molecule has 0 atom stereocenters. The van der Waals surface area contributed by atoms with E-state index in [0.717, 1.165) is 0 Å². The van der Waals surface area contributed by atoms with Gasteiger partial charge in [0.25, 0.3) is 0 Å². The van der Waals surface area contributed by atoms with E-state index >= 15 is 0 Å².